The minimum absolute atomic E-state index is 0.0331. The van der Waals surface area contributed by atoms with E-state index in [-0.39, 0.29) is 16.9 Å². The van der Waals surface area contributed by atoms with Crippen molar-refractivity contribution in [3.63, 3.8) is 0 Å². The summed E-state index contributed by atoms with van der Waals surface area (Å²) >= 11 is 0. The second kappa shape index (κ2) is 5.00. The van der Waals surface area contributed by atoms with Crippen LogP contribution in [0, 0.1) is 15.9 Å². The highest BCUT2D eigenvalue weighted by atomic mass is 19.4. The number of fused-ring (bicyclic) bond motifs is 1. The molecule has 0 radical (unpaired) electrons. The Balaban J connectivity index is 2.15. The summed E-state index contributed by atoms with van der Waals surface area (Å²) in [5, 5.41) is 10.8. The molecule has 23 heavy (non-hydrogen) atoms. The fourth-order valence-corrected chi connectivity index (χ4v) is 2.06. The normalized spacial score (nSPS) is 11.8. The van der Waals surface area contributed by atoms with E-state index < -0.39 is 28.3 Å². The lowest BCUT2D eigenvalue weighted by Crippen LogP contribution is -2.08. The van der Waals surface area contributed by atoms with Crippen molar-refractivity contribution in [1.82, 2.24) is 14.4 Å². The van der Waals surface area contributed by atoms with Crippen molar-refractivity contribution in [3.05, 3.63) is 58.4 Å². The summed E-state index contributed by atoms with van der Waals surface area (Å²) in [5.41, 5.74) is -1.39. The van der Waals surface area contributed by atoms with E-state index in [4.69, 9.17) is 0 Å². The fraction of sp³-hybridized carbons (Fsp3) is 0.0769. The minimum Gasteiger partial charge on any atom is -0.283 e. The number of imidazole rings is 1. The van der Waals surface area contributed by atoms with Crippen LogP contribution >= 0.6 is 0 Å². The maximum absolute atomic E-state index is 13.4. The molecule has 0 aliphatic heterocycles. The smallest absolute Gasteiger partial charge is 0.283 e. The van der Waals surface area contributed by atoms with Gasteiger partial charge in [-0.3, -0.25) is 14.5 Å². The van der Waals surface area contributed by atoms with Crippen LogP contribution in [0.3, 0.4) is 0 Å². The van der Waals surface area contributed by atoms with Crippen LogP contribution in [0.2, 0.25) is 0 Å². The fourth-order valence-electron chi connectivity index (χ4n) is 2.06. The van der Waals surface area contributed by atoms with Crippen LogP contribution in [0.5, 0.6) is 0 Å². The number of nitro benzene ring substituents is 1. The lowest BCUT2D eigenvalue weighted by atomic mass is 10.1. The van der Waals surface area contributed by atoms with Gasteiger partial charge in [0.25, 0.3) is 0 Å². The molecule has 0 atom stereocenters. The van der Waals surface area contributed by atoms with Gasteiger partial charge in [-0.25, -0.2) is 9.97 Å². The van der Waals surface area contributed by atoms with Gasteiger partial charge >= 0.3 is 11.9 Å². The molecule has 10 heteroatoms. The Morgan fingerprint density at radius 3 is 2.57 bits per heavy atom. The standard InChI is InChI=1S/C13H6F4N4O2/c14-8-2-1-7(3-9(8)21(22)23)10-5-18-12-4-11(13(15,16)17)19-6-20(10)12/h1-6H. The molecule has 3 aromatic rings. The summed E-state index contributed by atoms with van der Waals surface area (Å²) in [4.78, 5) is 17.0. The van der Waals surface area contributed by atoms with Crippen molar-refractivity contribution in [2.75, 3.05) is 0 Å². The third-order valence-corrected chi connectivity index (χ3v) is 3.13. The van der Waals surface area contributed by atoms with Crippen LogP contribution in [-0.4, -0.2) is 19.3 Å². The van der Waals surface area contributed by atoms with Gasteiger partial charge in [0.2, 0.25) is 5.82 Å². The summed E-state index contributed by atoms with van der Waals surface area (Å²) in [6.45, 7) is 0. The number of benzene rings is 1. The first-order valence-corrected chi connectivity index (χ1v) is 6.12. The SMILES string of the molecule is O=[N+]([O-])c1cc(-c2cnc3cc(C(F)(F)F)ncn23)ccc1F. The monoisotopic (exact) mass is 326 g/mol. The molecule has 0 amide bonds. The van der Waals surface area contributed by atoms with Crippen LogP contribution in [-0.2, 0) is 6.18 Å². The maximum atomic E-state index is 13.4. The highest BCUT2D eigenvalue weighted by Gasteiger charge is 2.33. The molecule has 0 saturated heterocycles. The Kier molecular flexibility index (Phi) is 3.24. The van der Waals surface area contributed by atoms with E-state index in [9.17, 15) is 27.7 Å². The molecular weight excluding hydrogens is 320 g/mol. The van der Waals surface area contributed by atoms with E-state index in [1.165, 1.54) is 16.7 Å². The van der Waals surface area contributed by atoms with Crippen LogP contribution < -0.4 is 0 Å². The summed E-state index contributed by atoms with van der Waals surface area (Å²) in [6, 6.07) is 3.91. The molecule has 0 aliphatic rings. The van der Waals surface area contributed by atoms with Gasteiger partial charge in [-0.15, -0.1) is 0 Å². The molecule has 0 N–H and O–H groups in total. The predicted molar refractivity (Wildman–Crippen MR) is 70.0 cm³/mol. The molecule has 2 aromatic heterocycles. The molecule has 0 spiro atoms. The van der Waals surface area contributed by atoms with Gasteiger partial charge in [0.1, 0.15) is 17.7 Å². The molecule has 118 valence electrons. The average Bonchev–Trinajstić information content (AvgIpc) is 2.89. The first-order chi connectivity index (χ1) is 10.8. The number of rotatable bonds is 2. The molecule has 0 bridgehead atoms. The molecule has 0 unspecified atom stereocenters. The Bertz CT molecular complexity index is 920. The first kappa shape index (κ1) is 14.9. The Labute approximate surface area is 125 Å². The van der Waals surface area contributed by atoms with Crippen molar-refractivity contribution in [3.8, 4) is 11.3 Å². The van der Waals surface area contributed by atoms with Gasteiger partial charge < -0.3 is 0 Å². The van der Waals surface area contributed by atoms with Gasteiger partial charge in [-0.2, -0.15) is 17.6 Å². The number of alkyl halides is 3. The molecule has 1 aromatic carbocycles. The summed E-state index contributed by atoms with van der Waals surface area (Å²) in [7, 11) is 0. The van der Waals surface area contributed by atoms with Crippen molar-refractivity contribution in [2.45, 2.75) is 6.18 Å². The van der Waals surface area contributed by atoms with Crippen LogP contribution in [0.15, 0.2) is 36.8 Å². The number of hydrogen-bond acceptors (Lipinski definition) is 4. The Hall–Kier alpha value is -3.04. The number of nitrogens with zero attached hydrogens (tertiary/aromatic N) is 4. The van der Waals surface area contributed by atoms with E-state index >= 15 is 0 Å². The summed E-state index contributed by atoms with van der Waals surface area (Å²) < 4.78 is 52.4. The van der Waals surface area contributed by atoms with Gasteiger partial charge in [-0.05, 0) is 12.1 Å². The molecule has 0 fully saturated rings. The molecular formula is C13H6F4N4O2. The molecule has 2 heterocycles. The van der Waals surface area contributed by atoms with Crippen molar-refractivity contribution >= 4 is 11.3 Å². The van der Waals surface area contributed by atoms with Gasteiger partial charge in [0, 0.05) is 17.7 Å². The van der Waals surface area contributed by atoms with Crippen LogP contribution in [0.4, 0.5) is 23.2 Å². The third kappa shape index (κ3) is 2.58. The van der Waals surface area contributed by atoms with Gasteiger partial charge in [-0.1, -0.05) is 0 Å². The topological polar surface area (TPSA) is 73.3 Å². The van der Waals surface area contributed by atoms with E-state index in [1.807, 2.05) is 0 Å². The highest BCUT2D eigenvalue weighted by Crippen LogP contribution is 2.30. The zero-order valence-electron chi connectivity index (χ0n) is 11.1. The Morgan fingerprint density at radius 2 is 1.91 bits per heavy atom. The molecule has 0 saturated carbocycles. The van der Waals surface area contributed by atoms with Crippen molar-refractivity contribution in [2.24, 2.45) is 0 Å². The third-order valence-electron chi connectivity index (χ3n) is 3.13. The lowest BCUT2D eigenvalue weighted by Gasteiger charge is -2.06. The summed E-state index contributed by atoms with van der Waals surface area (Å²) in [5.74, 6) is -1.01. The quantitative estimate of drug-likeness (QED) is 0.411. The van der Waals surface area contributed by atoms with E-state index in [2.05, 4.69) is 9.97 Å². The van der Waals surface area contributed by atoms with Gasteiger partial charge in [0.05, 0.1) is 16.8 Å². The van der Waals surface area contributed by atoms with E-state index in [0.717, 1.165) is 24.5 Å². The minimum atomic E-state index is -4.61. The summed E-state index contributed by atoms with van der Waals surface area (Å²) in [6.07, 6.45) is -2.47. The van der Waals surface area contributed by atoms with Crippen molar-refractivity contribution in [1.29, 1.82) is 0 Å². The molecule has 6 nitrogen and oxygen atoms in total. The maximum Gasteiger partial charge on any atom is 0.433 e. The number of aromatic nitrogens is 3. The molecule has 0 aliphatic carbocycles. The largest absolute Gasteiger partial charge is 0.433 e. The van der Waals surface area contributed by atoms with E-state index in [1.54, 1.807) is 0 Å². The molecule has 3 rings (SSSR count). The van der Waals surface area contributed by atoms with Crippen molar-refractivity contribution < 1.29 is 22.5 Å². The van der Waals surface area contributed by atoms with Crippen LogP contribution in [0.25, 0.3) is 16.9 Å². The zero-order valence-corrected chi connectivity index (χ0v) is 11.1. The van der Waals surface area contributed by atoms with Crippen LogP contribution in [0.1, 0.15) is 5.69 Å². The predicted octanol–water partition coefficient (Wildman–Crippen LogP) is 3.46. The number of hydrogen-bond donors (Lipinski definition) is 0. The second-order valence-corrected chi connectivity index (χ2v) is 4.57. The lowest BCUT2D eigenvalue weighted by molar-refractivity contribution is -0.387. The van der Waals surface area contributed by atoms with Gasteiger partial charge in [0.15, 0.2) is 0 Å². The highest BCUT2D eigenvalue weighted by molar-refractivity contribution is 5.66. The Morgan fingerprint density at radius 1 is 1.17 bits per heavy atom. The first-order valence-electron chi connectivity index (χ1n) is 6.12. The van der Waals surface area contributed by atoms with E-state index in [0.29, 0.717) is 0 Å². The number of nitro groups is 1. The second-order valence-electron chi connectivity index (χ2n) is 4.57. The zero-order chi connectivity index (χ0) is 16.8. The number of halogens is 4. The average molecular weight is 326 g/mol.